The fraction of sp³-hybridized carbons (Fsp3) is 0.520. The average molecular weight is 459 g/mol. The highest BCUT2D eigenvalue weighted by Crippen LogP contribution is 2.40. The molecule has 0 amide bonds. The first-order chi connectivity index (χ1) is 15.8. The molecule has 33 heavy (non-hydrogen) atoms. The number of H-pyrrole nitrogens is 1. The SMILES string of the molecule is CCC.CCn1c(C2CC2)cc(C(=O)OC)cc1=O.COC(=O)c1cc(C2CC2)[nH]c(=O)c1. The smallest absolute Gasteiger partial charge is 0.338 e. The summed E-state index contributed by atoms with van der Waals surface area (Å²) in [5, 5.41) is 0. The molecule has 0 saturated heterocycles. The number of aromatic amines is 1. The molecule has 2 aromatic rings. The Bertz CT molecular complexity index is 1080. The zero-order valence-electron chi connectivity index (χ0n) is 20.1. The second-order valence-electron chi connectivity index (χ2n) is 8.18. The molecule has 8 heteroatoms. The quantitative estimate of drug-likeness (QED) is 0.679. The third-order valence-electron chi connectivity index (χ3n) is 5.20. The van der Waals surface area contributed by atoms with Gasteiger partial charge in [0.2, 0.25) is 5.56 Å². The van der Waals surface area contributed by atoms with Gasteiger partial charge in [0.05, 0.1) is 25.3 Å². The summed E-state index contributed by atoms with van der Waals surface area (Å²) in [6, 6.07) is 6.10. The van der Waals surface area contributed by atoms with Crippen LogP contribution in [-0.2, 0) is 16.0 Å². The third kappa shape index (κ3) is 7.44. The Kier molecular flexibility index (Phi) is 9.63. The molecule has 2 aliphatic carbocycles. The molecule has 1 N–H and O–H groups in total. The van der Waals surface area contributed by atoms with E-state index in [-0.39, 0.29) is 11.1 Å². The molecule has 4 rings (SSSR count). The van der Waals surface area contributed by atoms with Crippen LogP contribution >= 0.6 is 0 Å². The van der Waals surface area contributed by atoms with Gasteiger partial charge in [-0.2, -0.15) is 0 Å². The van der Waals surface area contributed by atoms with E-state index in [1.165, 1.54) is 32.8 Å². The van der Waals surface area contributed by atoms with Gasteiger partial charge < -0.3 is 19.0 Å². The topological polar surface area (TPSA) is 107 Å². The van der Waals surface area contributed by atoms with E-state index in [2.05, 4.69) is 28.3 Å². The predicted molar refractivity (Wildman–Crippen MR) is 126 cm³/mol. The molecule has 2 heterocycles. The van der Waals surface area contributed by atoms with Crippen LogP contribution in [0.5, 0.6) is 0 Å². The molecule has 0 aliphatic heterocycles. The molecule has 2 saturated carbocycles. The van der Waals surface area contributed by atoms with Crippen LogP contribution in [-0.4, -0.2) is 35.7 Å². The summed E-state index contributed by atoms with van der Waals surface area (Å²) in [5.74, 6) is -0.0372. The van der Waals surface area contributed by atoms with Crippen molar-refractivity contribution >= 4 is 11.9 Å². The lowest BCUT2D eigenvalue weighted by atomic mass is 10.1. The Morgan fingerprint density at radius 1 is 0.879 bits per heavy atom. The van der Waals surface area contributed by atoms with Crippen LogP contribution in [0.1, 0.15) is 96.8 Å². The maximum absolute atomic E-state index is 11.8. The monoisotopic (exact) mass is 458 g/mol. The second-order valence-corrected chi connectivity index (χ2v) is 8.18. The summed E-state index contributed by atoms with van der Waals surface area (Å²) in [4.78, 5) is 48.3. The molecule has 0 bridgehead atoms. The van der Waals surface area contributed by atoms with Gasteiger partial charge in [-0.3, -0.25) is 9.59 Å². The number of carbonyl (C=O) groups excluding carboxylic acids is 2. The first-order valence-electron chi connectivity index (χ1n) is 11.4. The maximum Gasteiger partial charge on any atom is 0.338 e. The largest absolute Gasteiger partial charge is 0.465 e. The summed E-state index contributed by atoms with van der Waals surface area (Å²) in [7, 11) is 2.63. The molecular weight excluding hydrogens is 424 g/mol. The number of rotatable bonds is 5. The number of ether oxygens (including phenoxy) is 2. The van der Waals surface area contributed by atoms with Crippen molar-refractivity contribution < 1.29 is 19.1 Å². The molecule has 8 nitrogen and oxygen atoms in total. The van der Waals surface area contributed by atoms with Gasteiger partial charge in [0.1, 0.15) is 0 Å². The van der Waals surface area contributed by atoms with Crippen LogP contribution in [0.4, 0.5) is 0 Å². The van der Waals surface area contributed by atoms with Gasteiger partial charge in [-0.25, -0.2) is 9.59 Å². The summed E-state index contributed by atoms with van der Waals surface area (Å²) in [6.45, 7) is 6.83. The maximum atomic E-state index is 11.8. The second kappa shape index (κ2) is 12.2. The number of pyridine rings is 2. The molecule has 0 radical (unpaired) electrons. The van der Waals surface area contributed by atoms with Gasteiger partial charge in [-0.1, -0.05) is 20.3 Å². The Labute approximate surface area is 193 Å². The molecule has 2 fully saturated rings. The predicted octanol–water partition coefficient (Wildman–Crippen LogP) is 3.99. The van der Waals surface area contributed by atoms with Crippen molar-refractivity contribution in [3.63, 3.8) is 0 Å². The van der Waals surface area contributed by atoms with Gasteiger partial charge in [0.15, 0.2) is 0 Å². The van der Waals surface area contributed by atoms with Crippen molar-refractivity contribution in [3.8, 4) is 0 Å². The molecule has 0 unspecified atom stereocenters. The van der Waals surface area contributed by atoms with Crippen molar-refractivity contribution in [3.05, 3.63) is 67.5 Å². The Morgan fingerprint density at radius 3 is 1.85 bits per heavy atom. The standard InChI is InChI=1S/C12H15NO3.C10H11NO3.C3H8/c1-3-13-10(8-4-5-8)6-9(7-11(13)14)12(15)16-2;1-14-10(13)7-4-8(6-2-3-6)11-9(12)5-7;1-3-2/h6-8H,3-5H2,1-2H3;4-6H,2-3H2,1H3,(H,11,12);3H2,1-2H3. The number of aromatic nitrogens is 2. The first kappa shape index (κ1) is 26.1. The average Bonchev–Trinajstić information content (AvgIpc) is 3.71. The van der Waals surface area contributed by atoms with Crippen molar-refractivity contribution in [1.82, 2.24) is 9.55 Å². The number of hydrogen-bond donors (Lipinski definition) is 1. The van der Waals surface area contributed by atoms with Crippen LogP contribution in [0.3, 0.4) is 0 Å². The number of nitrogens with zero attached hydrogens (tertiary/aromatic N) is 1. The summed E-state index contributed by atoms with van der Waals surface area (Å²) in [5.41, 5.74) is 2.15. The molecule has 180 valence electrons. The molecular formula is C25H34N2O6. The third-order valence-corrected chi connectivity index (χ3v) is 5.20. The van der Waals surface area contributed by atoms with Crippen LogP contribution in [0.2, 0.25) is 0 Å². The lowest BCUT2D eigenvalue weighted by molar-refractivity contribution is 0.0591. The summed E-state index contributed by atoms with van der Waals surface area (Å²) >= 11 is 0. The van der Waals surface area contributed by atoms with E-state index in [9.17, 15) is 19.2 Å². The number of nitrogens with one attached hydrogen (secondary N) is 1. The van der Waals surface area contributed by atoms with E-state index >= 15 is 0 Å². The highest BCUT2D eigenvalue weighted by Gasteiger charge is 2.28. The number of esters is 2. The molecule has 0 atom stereocenters. The minimum Gasteiger partial charge on any atom is -0.465 e. The van der Waals surface area contributed by atoms with Gasteiger partial charge in [0, 0.05) is 30.1 Å². The van der Waals surface area contributed by atoms with Gasteiger partial charge >= 0.3 is 11.9 Å². The van der Waals surface area contributed by atoms with E-state index in [1.807, 2.05) is 6.92 Å². The zero-order chi connectivity index (χ0) is 24.5. The van der Waals surface area contributed by atoms with Crippen LogP contribution in [0.15, 0.2) is 33.9 Å². The molecule has 2 aromatic heterocycles. The van der Waals surface area contributed by atoms with Crippen molar-refractivity contribution in [2.75, 3.05) is 14.2 Å². The minimum absolute atomic E-state index is 0.118. The van der Waals surface area contributed by atoms with Crippen LogP contribution in [0.25, 0.3) is 0 Å². The van der Waals surface area contributed by atoms with E-state index in [0.29, 0.717) is 29.5 Å². The Balaban J connectivity index is 0.000000210. The normalized spacial score (nSPS) is 14.2. The fourth-order valence-electron chi connectivity index (χ4n) is 3.32. The number of methoxy groups -OCH3 is 2. The Hall–Kier alpha value is -3.16. The fourth-order valence-corrected chi connectivity index (χ4v) is 3.32. The lowest BCUT2D eigenvalue weighted by Gasteiger charge is -2.11. The minimum atomic E-state index is -0.460. The zero-order valence-corrected chi connectivity index (χ0v) is 20.1. The van der Waals surface area contributed by atoms with Crippen LogP contribution in [0, 0.1) is 0 Å². The summed E-state index contributed by atoms with van der Waals surface area (Å²) < 4.78 is 10.9. The summed E-state index contributed by atoms with van der Waals surface area (Å²) in [6.07, 6.45) is 5.62. The van der Waals surface area contributed by atoms with E-state index in [0.717, 1.165) is 37.1 Å². The number of hydrogen-bond acceptors (Lipinski definition) is 6. The molecule has 0 aromatic carbocycles. The van der Waals surface area contributed by atoms with Crippen LogP contribution < -0.4 is 11.1 Å². The highest BCUT2D eigenvalue weighted by molar-refractivity contribution is 5.89. The molecule has 0 spiro atoms. The lowest BCUT2D eigenvalue weighted by Crippen LogP contribution is -2.23. The first-order valence-corrected chi connectivity index (χ1v) is 11.4. The van der Waals surface area contributed by atoms with Crippen molar-refractivity contribution in [1.29, 1.82) is 0 Å². The van der Waals surface area contributed by atoms with Gasteiger partial charge in [-0.15, -0.1) is 0 Å². The van der Waals surface area contributed by atoms with Gasteiger partial charge in [0.25, 0.3) is 5.56 Å². The van der Waals surface area contributed by atoms with Gasteiger partial charge in [-0.05, 0) is 56.6 Å². The highest BCUT2D eigenvalue weighted by atomic mass is 16.5. The molecule has 2 aliphatic rings. The van der Waals surface area contributed by atoms with Crippen molar-refractivity contribution in [2.45, 2.75) is 71.3 Å². The van der Waals surface area contributed by atoms with Crippen molar-refractivity contribution in [2.24, 2.45) is 0 Å². The van der Waals surface area contributed by atoms with E-state index < -0.39 is 11.9 Å². The Morgan fingerprint density at radius 2 is 1.39 bits per heavy atom. The van der Waals surface area contributed by atoms with E-state index in [4.69, 9.17) is 0 Å². The van der Waals surface area contributed by atoms with E-state index in [1.54, 1.807) is 16.7 Å². The number of carbonyl (C=O) groups is 2.